The molecule has 1 aromatic carbocycles. The summed E-state index contributed by atoms with van der Waals surface area (Å²) in [6, 6.07) is 8.52. The molecule has 0 saturated carbocycles. The van der Waals surface area contributed by atoms with Crippen molar-refractivity contribution in [2.75, 3.05) is 16.9 Å². The van der Waals surface area contributed by atoms with Crippen molar-refractivity contribution >= 4 is 27.1 Å². The Kier molecular flexibility index (Phi) is 4.78. The predicted octanol–water partition coefficient (Wildman–Crippen LogP) is 0.590. The average Bonchev–Trinajstić information content (AvgIpc) is 2.80. The summed E-state index contributed by atoms with van der Waals surface area (Å²) in [5, 5.41) is 15.3. The van der Waals surface area contributed by atoms with Crippen LogP contribution in [0.15, 0.2) is 29.4 Å². The van der Waals surface area contributed by atoms with Crippen molar-refractivity contribution in [2.45, 2.75) is 19.4 Å². The number of carbonyl (C=O) groups excluding carboxylic acids is 1. The first-order chi connectivity index (χ1) is 10.4. The molecule has 1 aliphatic rings. The Balaban J connectivity index is 1.98. The molecule has 0 aromatic heterocycles. The summed E-state index contributed by atoms with van der Waals surface area (Å²) in [5.41, 5.74) is 4.02. The molecule has 22 heavy (non-hydrogen) atoms. The molecular formula is C14H16N4O3S. The monoisotopic (exact) mass is 320 g/mol. The van der Waals surface area contributed by atoms with E-state index < -0.39 is 21.8 Å². The van der Waals surface area contributed by atoms with Crippen LogP contribution in [-0.4, -0.2) is 37.6 Å². The number of nitriles is 1. The minimum absolute atomic E-state index is 0.0542. The van der Waals surface area contributed by atoms with Crippen LogP contribution < -0.4 is 10.7 Å². The van der Waals surface area contributed by atoms with E-state index in [9.17, 15) is 13.2 Å². The van der Waals surface area contributed by atoms with Crippen molar-refractivity contribution < 1.29 is 13.2 Å². The average molecular weight is 320 g/mol. The number of hydrazone groups is 1. The third kappa shape index (κ3) is 4.30. The van der Waals surface area contributed by atoms with E-state index in [4.69, 9.17) is 5.26 Å². The standard InChI is InChI=1S/C14H16N4O3S/c1-10-2-4-11(5-3-10)17-18-13(8-15)14(19)16-12-6-7-22(20,21)9-12/h2-5,12,17H,6-7,9H2,1H3,(H,16,19)/b18-13+/t12-/m1/s1. The molecule has 7 nitrogen and oxygen atoms in total. The van der Waals surface area contributed by atoms with E-state index in [2.05, 4.69) is 15.8 Å². The number of sulfone groups is 1. The molecule has 2 rings (SSSR count). The normalized spacial score (nSPS) is 20.2. The van der Waals surface area contributed by atoms with Gasteiger partial charge < -0.3 is 5.32 Å². The molecule has 1 aliphatic heterocycles. The number of carbonyl (C=O) groups is 1. The Hall–Kier alpha value is -2.40. The fraction of sp³-hybridized carbons (Fsp3) is 0.357. The molecule has 0 bridgehead atoms. The van der Waals surface area contributed by atoms with E-state index in [1.165, 1.54) is 0 Å². The number of nitrogens with one attached hydrogen (secondary N) is 2. The van der Waals surface area contributed by atoms with Gasteiger partial charge in [-0.3, -0.25) is 10.2 Å². The van der Waals surface area contributed by atoms with Crippen molar-refractivity contribution in [3.05, 3.63) is 29.8 Å². The smallest absolute Gasteiger partial charge is 0.282 e. The minimum atomic E-state index is -3.09. The molecule has 1 heterocycles. The van der Waals surface area contributed by atoms with E-state index in [-0.39, 0.29) is 17.2 Å². The highest BCUT2D eigenvalue weighted by molar-refractivity contribution is 7.91. The zero-order valence-electron chi connectivity index (χ0n) is 12.0. The number of anilines is 1. The van der Waals surface area contributed by atoms with Gasteiger partial charge >= 0.3 is 0 Å². The number of rotatable bonds is 4. The van der Waals surface area contributed by atoms with Gasteiger partial charge in [0.2, 0.25) is 5.71 Å². The van der Waals surface area contributed by atoms with E-state index in [0.717, 1.165) is 5.56 Å². The number of amides is 1. The Morgan fingerprint density at radius 1 is 1.36 bits per heavy atom. The van der Waals surface area contributed by atoms with Gasteiger partial charge in [0.15, 0.2) is 9.84 Å². The van der Waals surface area contributed by atoms with Crippen molar-refractivity contribution in [3.8, 4) is 6.07 Å². The van der Waals surface area contributed by atoms with Crippen LogP contribution in [0.5, 0.6) is 0 Å². The van der Waals surface area contributed by atoms with Crippen LogP contribution in [0, 0.1) is 18.3 Å². The SMILES string of the molecule is Cc1ccc(N/N=C(\C#N)C(=O)N[C@@H]2CCS(=O)(=O)C2)cc1. The second kappa shape index (κ2) is 6.58. The van der Waals surface area contributed by atoms with Gasteiger partial charge in [0, 0.05) is 6.04 Å². The van der Waals surface area contributed by atoms with Gasteiger partial charge in [-0.2, -0.15) is 10.4 Å². The molecule has 0 unspecified atom stereocenters. The summed E-state index contributed by atoms with van der Waals surface area (Å²) in [6.45, 7) is 1.94. The highest BCUT2D eigenvalue weighted by Crippen LogP contribution is 2.11. The molecule has 0 spiro atoms. The zero-order valence-corrected chi connectivity index (χ0v) is 12.9. The molecule has 116 valence electrons. The summed E-state index contributed by atoms with van der Waals surface area (Å²) >= 11 is 0. The summed E-state index contributed by atoms with van der Waals surface area (Å²) < 4.78 is 22.7. The van der Waals surface area contributed by atoms with Crippen LogP contribution in [0.3, 0.4) is 0 Å². The van der Waals surface area contributed by atoms with E-state index >= 15 is 0 Å². The fourth-order valence-corrected chi connectivity index (χ4v) is 3.71. The third-order valence-corrected chi connectivity index (χ3v) is 5.00. The number of benzene rings is 1. The van der Waals surface area contributed by atoms with Gasteiger partial charge in [-0.1, -0.05) is 17.7 Å². The second-order valence-electron chi connectivity index (χ2n) is 5.12. The lowest BCUT2D eigenvalue weighted by Crippen LogP contribution is -2.39. The molecule has 0 radical (unpaired) electrons. The van der Waals surface area contributed by atoms with Gasteiger partial charge in [-0.05, 0) is 25.5 Å². The maximum Gasteiger partial charge on any atom is 0.282 e. The van der Waals surface area contributed by atoms with E-state index in [0.29, 0.717) is 12.1 Å². The maximum atomic E-state index is 11.9. The lowest BCUT2D eigenvalue weighted by atomic mass is 10.2. The molecule has 0 aliphatic carbocycles. The topological polar surface area (TPSA) is 111 Å². The quantitative estimate of drug-likeness (QED) is 0.623. The van der Waals surface area contributed by atoms with Gasteiger partial charge in [0.1, 0.15) is 6.07 Å². The Labute approximate surface area is 128 Å². The maximum absolute atomic E-state index is 11.9. The van der Waals surface area contributed by atoms with Crippen molar-refractivity contribution in [3.63, 3.8) is 0 Å². The molecule has 1 atom stereocenters. The Bertz CT molecular complexity index is 732. The van der Waals surface area contributed by atoms with E-state index in [1.807, 2.05) is 19.1 Å². The van der Waals surface area contributed by atoms with Gasteiger partial charge in [-0.15, -0.1) is 0 Å². The number of hydrogen-bond donors (Lipinski definition) is 2. The molecule has 2 N–H and O–H groups in total. The summed E-state index contributed by atoms with van der Waals surface area (Å²) in [6.07, 6.45) is 0.359. The Morgan fingerprint density at radius 2 is 2.05 bits per heavy atom. The number of hydrogen-bond acceptors (Lipinski definition) is 6. The molecule has 1 fully saturated rings. The van der Waals surface area contributed by atoms with Crippen LogP contribution in [0.1, 0.15) is 12.0 Å². The van der Waals surface area contributed by atoms with Crippen LogP contribution in [0.2, 0.25) is 0 Å². The van der Waals surface area contributed by atoms with Gasteiger partial charge in [-0.25, -0.2) is 8.42 Å². The number of aryl methyl sites for hydroxylation is 1. The highest BCUT2D eigenvalue weighted by atomic mass is 32.2. The first kappa shape index (κ1) is 16.0. The molecule has 1 aromatic rings. The highest BCUT2D eigenvalue weighted by Gasteiger charge is 2.29. The summed E-state index contributed by atoms with van der Waals surface area (Å²) in [7, 11) is -3.09. The first-order valence-corrected chi connectivity index (χ1v) is 8.53. The largest absolute Gasteiger partial charge is 0.346 e. The van der Waals surface area contributed by atoms with Crippen molar-refractivity contribution in [2.24, 2.45) is 5.10 Å². The predicted molar refractivity (Wildman–Crippen MR) is 83.1 cm³/mol. The second-order valence-corrected chi connectivity index (χ2v) is 7.35. The Morgan fingerprint density at radius 3 is 2.59 bits per heavy atom. The van der Waals surface area contributed by atoms with Crippen molar-refractivity contribution in [1.82, 2.24) is 5.32 Å². The van der Waals surface area contributed by atoms with Crippen LogP contribution >= 0.6 is 0 Å². The minimum Gasteiger partial charge on any atom is -0.346 e. The first-order valence-electron chi connectivity index (χ1n) is 6.71. The molecule has 8 heteroatoms. The number of nitrogens with zero attached hydrogens (tertiary/aromatic N) is 2. The lowest BCUT2D eigenvalue weighted by molar-refractivity contribution is -0.115. The third-order valence-electron chi connectivity index (χ3n) is 3.24. The lowest BCUT2D eigenvalue weighted by Gasteiger charge is -2.09. The van der Waals surface area contributed by atoms with Crippen LogP contribution in [0.4, 0.5) is 5.69 Å². The fourth-order valence-electron chi connectivity index (χ4n) is 2.04. The van der Waals surface area contributed by atoms with Crippen LogP contribution in [-0.2, 0) is 14.6 Å². The van der Waals surface area contributed by atoms with Gasteiger partial charge in [0.05, 0.1) is 17.2 Å². The zero-order chi connectivity index (χ0) is 16.2. The van der Waals surface area contributed by atoms with Gasteiger partial charge in [0.25, 0.3) is 5.91 Å². The molecule has 1 amide bonds. The molecule has 1 saturated heterocycles. The van der Waals surface area contributed by atoms with Crippen LogP contribution in [0.25, 0.3) is 0 Å². The van der Waals surface area contributed by atoms with E-state index in [1.54, 1.807) is 18.2 Å². The summed E-state index contributed by atoms with van der Waals surface area (Å²) in [5.74, 6) is -0.717. The van der Waals surface area contributed by atoms with Crippen molar-refractivity contribution in [1.29, 1.82) is 5.26 Å². The molecular weight excluding hydrogens is 304 g/mol. The summed E-state index contributed by atoms with van der Waals surface area (Å²) in [4.78, 5) is 11.9.